The van der Waals surface area contributed by atoms with Crippen molar-refractivity contribution in [3.63, 3.8) is 0 Å². The van der Waals surface area contributed by atoms with E-state index in [1.807, 2.05) is 28.7 Å². The summed E-state index contributed by atoms with van der Waals surface area (Å²) < 4.78 is 1.01. The number of rotatable bonds is 0. The standard InChI is InChI=1S/C7H3BrINO.Na/c8-5-1-4(3-10)2-6(9)7(5)11;/h1-2,11H;/q;+1/p-1. The number of benzene rings is 1. The first-order valence-corrected chi connectivity index (χ1v) is 4.58. The third-order valence-electron chi connectivity index (χ3n) is 1.13. The molecule has 0 saturated carbocycles. The van der Waals surface area contributed by atoms with Gasteiger partial charge in [-0.3, -0.25) is 0 Å². The molecule has 12 heavy (non-hydrogen) atoms. The third-order valence-corrected chi connectivity index (χ3v) is 2.52. The second-order valence-corrected chi connectivity index (χ2v) is 3.90. The normalized spacial score (nSPS) is 8.42. The van der Waals surface area contributed by atoms with Gasteiger partial charge in [0, 0.05) is 8.04 Å². The minimum atomic E-state index is -0.0652. The van der Waals surface area contributed by atoms with Crippen LogP contribution < -0.4 is 34.7 Å². The van der Waals surface area contributed by atoms with Gasteiger partial charge in [-0.2, -0.15) is 5.26 Å². The Labute approximate surface area is 115 Å². The molecule has 0 atom stereocenters. The maximum absolute atomic E-state index is 11.1. The summed E-state index contributed by atoms with van der Waals surface area (Å²) in [5, 5.41) is 19.6. The molecule has 1 aromatic carbocycles. The second-order valence-electron chi connectivity index (χ2n) is 1.88. The minimum Gasteiger partial charge on any atom is -0.871 e. The van der Waals surface area contributed by atoms with Crippen LogP contribution in [-0.2, 0) is 0 Å². The Kier molecular flexibility index (Phi) is 5.78. The van der Waals surface area contributed by atoms with Crippen molar-refractivity contribution in [2.75, 3.05) is 0 Å². The predicted molar refractivity (Wildman–Crippen MR) is 51.0 cm³/mol. The fourth-order valence-corrected chi connectivity index (χ4v) is 2.08. The van der Waals surface area contributed by atoms with Crippen LogP contribution >= 0.6 is 38.5 Å². The number of hydrogen-bond acceptors (Lipinski definition) is 2. The number of hydrogen-bond donors (Lipinski definition) is 0. The van der Waals surface area contributed by atoms with E-state index in [9.17, 15) is 5.11 Å². The van der Waals surface area contributed by atoms with E-state index in [0.717, 1.165) is 0 Å². The molecule has 0 aromatic heterocycles. The van der Waals surface area contributed by atoms with E-state index in [1.165, 1.54) is 6.07 Å². The van der Waals surface area contributed by atoms with Crippen molar-refractivity contribution < 1.29 is 34.7 Å². The quantitative estimate of drug-likeness (QED) is 0.447. The molecule has 2 nitrogen and oxygen atoms in total. The maximum atomic E-state index is 11.1. The first kappa shape index (κ1) is 12.7. The van der Waals surface area contributed by atoms with Crippen LogP contribution in [0.4, 0.5) is 0 Å². The summed E-state index contributed by atoms with van der Waals surface area (Å²) in [6.07, 6.45) is 0. The van der Waals surface area contributed by atoms with Gasteiger partial charge in [-0.15, -0.1) is 0 Å². The molecule has 0 N–H and O–H groups in total. The average molecular weight is 346 g/mol. The van der Waals surface area contributed by atoms with Crippen molar-refractivity contribution in [1.82, 2.24) is 0 Å². The van der Waals surface area contributed by atoms with Crippen molar-refractivity contribution in [2.45, 2.75) is 0 Å². The fraction of sp³-hybridized carbons (Fsp3) is 0. The molecule has 0 radical (unpaired) electrons. The van der Waals surface area contributed by atoms with Crippen LogP contribution in [0.1, 0.15) is 5.56 Å². The van der Waals surface area contributed by atoms with Gasteiger partial charge in [-0.1, -0.05) is 21.7 Å². The van der Waals surface area contributed by atoms with Crippen molar-refractivity contribution in [3.8, 4) is 11.8 Å². The van der Waals surface area contributed by atoms with Gasteiger partial charge in [0.05, 0.1) is 11.6 Å². The minimum absolute atomic E-state index is 0. The molecule has 0 heterocycles. The van der Waals surface area contributed by atoms with Crippen LogP contribution in [0.2, 0.25) is 0 Å². The van der Waals surface area contributed by atoms with E-state index in [2.05, 4.69) is 15.9 Å². The Hall–Kier alpha value is 0.720. The molecule has 1 aromatic rings. The molecule has 0 aliphatic rings. The van der Waals surface area contributed by atoms with E-state index in [4.69, 9.17) is 5.26 Å². The first-order chi connectivity index (χ1) is 5.15. The molecule has 0 spiro atoms. The zero-order valence-electron chi connectivity index (χ0n) is 6.27. The molecule has 0 amide bonds. The summed E-state index contributed by atoms with van der Waals surface area (Å²) in [5.74, 6) is -0.0652. The van der Waals surface area contributed by atoms with Gasteiger partial charge in [-0.25, -0.2) is 0 Å². The smallest absolute Gasteiger partial charge is 0.871 e. The first-order valence-electron chi connectivity index (χ1n) is 2.71. The van der Waals surface area contributed by atoms with Crippen molar-refractivity contribution >= 4 is 38.5 Å². The monoisotopic (exact) mass is 345 g/mol. The Morgan fingerprint density at radius 1 is 1.50 bits per heavy atom. The topological polar surface area (TPSA) is 46.8 Å². The van der Waals surface area contributed by atoms with Crippen molar-refractivity contribution in [2.24, 2.45) is 0 Å². The predicted octanol–water partition coefficient (Wildman–Crippen LogP) is -0.997. The third kappa shape index (κ3) is 2.89. The van der Waals surface area contributed by atoms with E-state index in [1.54, 1.807) is 6.07 Å². The summed E-state index contributed by atoms with van der Waals surface area (Å²) in [6, 6.07) is 5.04. The van der Waals surface area contributed by atoms with Gasteiger partial charge in [0.15, 0.2) is 0 Å². The van der Waals surface area contributed by atoms with E-state index < -0.39 is 0 Å². The molecule has 1 rings (SSSR count). The molecule has 56 valence electrons. The summed E-state index contributed by atoms with van der Waals surface area (Å²) >= 11 is 4.97. The molecule has 5 heteroatoms. The zero-order chi connectivity index (χ0) is 8.43. The van der Waals surface area contributed by atoms with Gasteiger partial charge < -0.3 is 5.11 Å². The zero-order valence-corrected chi connectivity index (χ0v) is 12.0. The molecule has 0 fully saturated rings. The van der Waals surface area contributed by atoms with E-state index in [0.29, 0.717) is 13.6 Å². The van der Waals surface area contributed by atoms with Gasteiger partial charge >= 0.3 is 29.6 Å². The van der Waals surface area contributed by atoms with Crippen LogP contribution in [0.25, 0.3) is 0 Å². The fourth-order valence-electron chi connectivity index (χ4n) is 0.624. The van der Waals surface area contributed by atoms with Crippen LogP contribution in [0.15, 0.2) is 16.6 Å². The summed E-state index contributed by atoms with van der Waals surface area (Å²) in [5.41, 5.74) is 0.501. The summed E-state index contributed by atoms with van der Waals surface area (Å²) in [4.78, 5) is 0. The summed E-state index contributed by atoms with van der Waals surface area (Å²) in [7, 11) is 0. The van der Waals surface area contributed by atoms with Crippen LogP contribution in [-0.4, -0.2) is 0 Å². The molecular formula is C7H2BrINNaO. The maximum Gasteiger partial charge on any atom is 1.00 e. The van der Waals surface area contributed by atoms with Gasteiger partial charge in [0.25, 0.3) is 0 Å². The molecular weight excluding hydrogens is 344 g/mol. The summed E-state index contributed by atoms with van der Waals surface area (Å²) in [6.45, 7) is 0. The van der Waals surface area contributed by atoms with Crippen LogP contribution in [0.3, 0.4) is 0 Å². The van der Waals surface area contributed by atoms with E-state index >= 15 is 0 Å². The Morgan fingerprint density at radius 3 is 2.50 bits per heavy atom. The van der Waals surface area contributed by atoms with Crippen molar-refractivity contribution in [1.29, 1.82) is 5.26 Å². The Bertz CT molecular complexity index is 314. The number of nitriles is 1. The van der Waals surface area contributed by atoms with E-state index in [-0.39, 0.29) is 35.3 Å². The Balaban J connectivity index is 0.00000121. The SMILES string of the molecule is N#Cc1cc(Br)c([O-])c(I)c1.[Na+]. The van der Waals surface area contributed by atoms with Gasteiger partial charge in [0.2, 0.25) is 0 Å². The number of nitrogens with zero attached hydrogens (tertiary/aromatic N) is 1. The molecule has 0 unspecified atom stereocenters. The molecule has 0 bridgehead atoms. The van der Waals surface area contributed by atoms with Crippen LogP contribution in [0.5, 0.6) is 5.75 Å². The van der Waals surface area contributed by atoms with Gasteiger partial charge in [-0.05, 0) is 34.7 Å². The molecule has 0 aliphatic heterocycles. The van der Waals surface area contributed by atoms with Crippen LogP contribution in [0, 0.1) is 14.9 Å². The molecule has 0 aliphatic carbocycles. The average Bonchev–Trinajstić information content (AvgIpc) is 1.99. The number of halogens is 2. The largest absolute Gasteiger partial charge is 1.00 e. The Morgan fingerprint density at radius 2 is 2.08 bits per heavy atom. The molecule has 0 saturated heterocycles. The van der Waals surface area contributed by atoms with Gasteiger partial charge in [0.1, 0.15) is 0 Å². The second kappa shape index (κ2) is 5.45. The van der Waals surface area contributed by atoms with Crippen molar-refractivity contribution in [3.05, 3.63) is 25.7 Å².